The molecule has 0 spiro atoms. The number of nitrogens with two attached hydrogens (primary N) is 1. The summed E-state index contributed by atoms with van der Waals surface area (Å²) in [4.78, 5) is 9.17. The fourth-order valence-electron chi connectivity index (χ4n) is 3.77. The Kier molecular flexibility index (Phi) is 5.09. The van der Waals surface area contributed by atoms with Crippen molar-refractivity contribution in [2.24, 2.45) is 0 Å². The van der Waals surface area contributed by atoms with E-state index < -0.39 is 0 Å². The number of ether oxygens (including phenoxy) is 1. The Morgan fingerprint density at radius 2 is 2.00 bits per heavy atom. The third-order valence-corrected chi connectivity index (χ3v) is 5.42. The lowest BCUT2D eigenvalue weighted by atomic mass is 10.0. The van der Waals surface area contributed by atoms with Crippen LogP contribution in [0.5, 0.6) is 0 Å². The molecule has 28 heavy (non-hydrogen) atoms. The maximum Gasteiger partial charge on any atom is 0.133 e. The topological polar surface area (TPSA) is 98.8 Å². The zero-order valence-corrected chi connectivity index (χ0v) is 16.5. The average molecular weight is 378 g/mol. The zero-order chi connectivity index (χ0) is 19.7. The van der Waals surface area contributed by atoms with Crippen LogP contribution in [0.3, 0.4) is 0 Å². The fourth-order valence-corrected chi connectivity index (χ4v) is 3.77. The first kappa shape index (κ1) is 18.6. The van der Waals surface area contributed by atoms with Crippen LogP contribution in [0.2, 0.25) is 0 Å². The number of nitrogens with zero attached hydrogens (tertiary/aromatic N) is 4. The van der Waals surface area contributed by atoms with Gasteiger partial charge in [-0.05, 0) is 48.9 Å². The van der Waals surface area contributed by atoms with E-state index in [-0.39, 0.29) is 6.10 Å². The summed E-state index contributed by atoms with van der Waals surface area (Å²) in [7, 11) is 1.77. The van der Waals surface area contributed by atoms with E-state index in [0.29, 0.717) is 17.8 Å². The lowest BCUT2D eigenvalue weighted by molar-refractivity contribution is 0.101. The van der Waals surface area contributed by atoms with Crippen molar-refractivity contribution in [1.82, 2.24) is 20.2 Å². The van der Waals surface area contributed by atoms with E-state index >= 15 is 0 Å². The van der Waals surface area contributed by atoms with E-state index in [1.807, 2.05) is 24.4 Å². The first-order valence-corrected chi connectivity index (χ1v) is 9.73. The van der Waals surface area contributed by atoms with Gasteiger partial charge in [0.15, 0.2) is 0 Å². The Hall–Kier alpha value is -2.80. The highest BCUT2D eigenvalue weighted by atomic mass is 16.5. The van der Waals surface area contributed by atoms with Crippen LogP contribution in [0, 0.1) is 0 Å². The van der Waals surface area contributed by atoms with Gasteiger partial charge in [-0.25, -0.2) is 4.98 Å². The minimum absolute atomic E-state index is 0.239. The number of nitrogen functional groups attached to an aromatic ring is 1. The molecular weight excluding hydrogens is 352 g/mol. The number of fused-ring (bicyclic) bond motifs is 1. The van der Waals surface area contributed by atoms with Crippen molar-refractivity contribution in [1.29, 1.82) is 0 Å². The van der Waals surface area contributed by atoms with Crippen LogP contribution >= 0.6 is 0 Å². The molecule has 0 radical (unpaired) electrons. The summed E-state index contributed by atoms with van der Waals surface area (Å²) in [6.45, 7) is 4.24. The Labute approximate surface area is 164 Å². The van der Waals surface area contributed by atoms with Gasteiger partial charge in [-0.3, -0.25) is 4.98 Å². The molecule has 7 nitrogen and oxygen atoms in total. The van der Waals surface area contributed by atoms with Gasteiger partial charge in [0.2, 0.25) is 0 Å². The molecule has 0 aliphatic heterocycles. The van der Waals surface area contributed by atoms with Gasteiger partial charge >= 0.3 is 0 Å². The predicted molar refractivity (Wildman–Crippen MR) is 111 cm³/mol. The van der Waals surface area contributed by atoms with Crippen molar-refractivity contribution < 1.29 is 4.74 Å². The van der Waals surface area contributed by atoms with E-state index in [1.165, 1.54) is 6.42 Å². The van der Waals surface area contributed by atoms with E-state index in [1.54, 1.807) is 13.3 Å². The highest BCUT2D eigenvalue weighted by molar-refractivity contribution is 5.86. The zero-order valence-electron chi connectivity index (χ0n) is 16.5. The molecule has 7 heteroatoms. The monoisotopic (exact) mass is 378 g/mol. The number of hydrogen-bond acceptors (Lipinski definition) is 7. The summed E-state index contributed by atoms with van der Waals surface area (Å²) in [5, 5.41) is 11.9. The second-order valence-corrected chi connectivity index (χ2v) is 7.67. The molecule has 1 aliphatic rings. The fraction of sp³-hybridized carbons (Fsp3) is 0.429. The van der Waals surface area contributed by atoms with Crippen molar-refractivity contribution >= 4 is 22.5 Å². The Balaban J connectivity index is 1.65. The molecule has 1 fully saturated rings. The Bertz CT molecular complexity index is 990. The molecule has 4 rings (SSSR count). The van der Waals surface area contributed by atoms with Gasteiger partial charge in [-0.15, -0.1) is 0 Å². The third-order valence-electron chi connectivity index (χ3n) is 5.42. The van der Waals surface area contributed by atoms with Gasteiger partial charge in [-0.2, -0.15) is 10.2 Å². The van der Waals surface area contributed by atoms with Crippen LogP contribution in [0.1, 0.15) is 44.6 Å². The van der Waals surface area contributed by atoms with Crippen LogP contribution < -0.4 is 11.1 Å². The van der Waals surface area contributed by atoms with Crippen LogP contribution in [0.4, 0.5) is 11.5 Å². The van der Waals surface area contributed by atoms with Crippen molar-refractivity contribution in [3.05, 3.63) is 36.2 Å². The summed E-state index contributed by atoms with van der Waals surface area (Å²) in [5.74, 6) is 0.791. The second-order valence-electron chi connectivity index (χ2n) is 7.67. The Morgan fingerprint density at radius 3 is 2.79 bits per heavy atom. The molecule has 1 saturated carbocycles. The first-order valence-electron chi connectivity index (χ1n) is 9.73. The van der Waals surface area contributed by atoms with Crippen molar-refractivity contribution in [2.75, 3.05) is 18.2 Å². The molecule has 0 amide bonds. The van der Waals surface area contributed by atoms with Crippen LogP contribution in [-0.2, 0) is 4.74 Å². The molecule has 3 heterocycles. The molecule has 2 atom stereocenters. The minimum atomic E-state index is 0.239. The summed E-state index contributed by atoms with van der Waals surface area (Å²) < 4.78 is 5.56. The third kappa shape index (κ3) is 3.62. The highest BCUT2D eigenvalue weighted by Gasteiger charge is 2.27. The largest absolute Gasteiger partial charge is 0.383 e. The van der Waals surface area contributed by atoms with Gasteiger partial charge < -0.3 is 15.8 Å². The summed E-state index contributed by atoms with van der Waals surface area (Å²) in [6, 6.07) is 6.24. The molecule has 1 aliphatic carbocycles. The van der Waals surface area contributed by atoms with E-state index in [0.717, 1.165) is 46.4 Å². The number of pyridine rings is 2. The molecule has 3 aromatic rings. The maximum atomic E-state index is 6.26. The number of nitrogens with one attached hydrogen (secondary N) is 1. The van der Waals surface area contributed by atoms with Crippen molar-refractivity contribution in [2.45, 2.75) is 51.2 Å². The summed E-state index contributed by atoms with van der Waals surface area (Å²) in [5.41, 5.74) is 11.3. The highest BCUT2D eigenvalue weighted by Crippen LogP contribution is 2.30. The molecule has 0 saturated heterocycles. The van der Waals surface area contributed by atoms with Crippen LogP contribution in [-0.4, -0.2) is 39.4 Å². The van der Waals surface area contributed by atoms with Crippen molar-refractivity contribution in [3.63, 3.8) is 0 Å². The lowest BCUT2D eigenvalue weighted by Crippen LogP contribution is -2.29. The summed E-state index contributed by atoms with van der Waals surface area (Å²) in [6.07, 6.45) is 7.21. The first-order chi connectivity index (χ1) is 13.5. The average Bonchev–Trinajstić information content (AvgIpc) is 3.14. The smallest absolute Gasteiger partial charge is 0.133 e. The maximum absolute atomic E-state index is 6.26. The minimum Gasteiger partial charge on any atom is -0.383 e. The molecule has 0 bridgehead atoms. The van der Waals surface area contributed by atoms with Crippen molar-refractivity contribution in [3.8, 4) is 11.3 Å². The second kappa shape index (κ2) is 7.67. The molecule has 0 aromatic carbocycles. The van der Waals surface area contributed by atoms with Gasteiger partial charge in [0.25, 0.3) is 0 Å². The van der Waals surface area contributed by atoms with E-state index in [2.05, 4.69) is 39.3 Å². The van der Waals surface area contributed by atoms with Crippen LogP contribution in [0.15, 0.2) is 30.6 Å². The van der Waals surface area contributed by atoms with E-state index in [9.17, 15) is 0 Å². The number of rotatable bonds is 5. The summed E-state index contributed by atoms with van der Waals surface area (Å²) >= 11 is 0. The number of anilines is 2. The van der Waals surface area contributed by atoms with Crippen LogP contribution in [0.25, 0.3) is 22.3 Å². The van der Waals surface area contributed by atoms with Gasteiger partial charge in [0.1, 0.15) is 5.82 Å². The standard InChI is InChI=1S/C21H26N6O/c1-12(2)13-7-17(27-24-10-13)15-9-18-19(26-21(15)22)8-14(11-23-18)25-16-5-4-6-20(16)28-3/h7-12,16,20,25H,4-6H2,1-3H3,(H2,22,26)/t16-,20-/m0/s1. The molecular formula is C21H26N6O. The molecule has 146 valence electrons. The number of aromatic nitrogens is 4. The number of methoxy groups -OCH3 is 1. The predicted octanol–water partition coefficient (Wildman–Crippen LogP) is 3.77. The van der Waals surface area contributed by atoms with Gasteiger partial charge in [0, 0.05) is 12.7 Å². The quantitative estimate of drug-likeness (QED) is 0.697. The number of hydrogen-bond donors (Lipinski definition) is 2. The molecule has 0 unspecified atom stereocenters. The van der Waals surface area contributed by atoms with Gasteiger partial charge in [0.05, 0.1) is 47.0 Å². The molecule has 3 aromatic heterocycles. The lowest BCUT2D eigenvalue weighted by Gasteiger charge is -2.20. The SMILES string of the molecule is CO[C@H]1CCC[C@@H]1Nc1cnc2cc(-c3cc(C(C)C)cnn3)c(N)nc2c1. The van der Waals surface area contributed by atoms with E-state index in [4.69, 9.17) is 10.5 Å². The van der Waals surface area contributed by atoms with Gasteiger partial charge in [-0.1, -0.05) is 13.8 Å². The Morgan fingerprint density at radius 1 is 1.14 bits per heavy atom. The molecule has 3 N–H and O–H groups in total. The normalized spacial score (nSPS) is 19.4.